The molecule has 0 saturated carbocycles. The quantitative estimate of drug-likeness (QED) is 0.630. The van der Waals surface area contributed by atoms with Crippen LogP contribution in [0.15, 0.2) is 12.2 Å². The number of ether oxygens (including phenoxy) is 1. The highest BCUT2D eigenvalue weighted by Gasteiger charge is 2.18. The van der Waals surface area contributed by atoms with Crippen LogP contribution in [-0.2, 0) is 9.53 Å². The zero-order chi connectivity index (χ0) is 11.1. The molecule has 0 N–H and O–H groups in total. The van der Waals surface area contributed by atoms with Gasteiger partial charge in [0.1, 0.15) is 6.61 Å². The topological polar surface area (TPSA) is 26.3 Å². The number of hydrogen-bond acceptors (Lipinski definition) is 2. The van der Waals surface area contributed by atoms with Crippen molar-refractivity contribution in [1.29, 1.82) is 0 Å². The van der Waals surface area contributed by atoms with Gasteiger partial charge in [0.25, 0.3) is 0 Å². The molecule has 1 rings (SSSR count). The lowest BCUT2D eigenvalue weighted by molar-refractivity contribution is -0.124. The Morgan fingerprint density at radius 2 is 2.13 bits per heavy atom. The molecule has 0 saturated heterocycles. The van der Waals surface area contributed by atoms with Crippen molar-refractivity contribution in [2.45, 2.75) is 39.5 Å². The molecule has 0 aromatic heterocycles. The maximum absolute atomic E-state index is 11.2. The van der Waals surface area contributed by atoms with Crippen LogP contribution >= 0.6 is 0 Å². The van der Waals surface area contributed by atoms with E-state index in [1.807, 2.05) is 6.92 Å². The van der Waals surface area contributed by atoms with Gasteiger partial charge < -0.3 is 4.74 Å². The van der Waals surface area contributed by atoms with Crippen molar-refractivity contribution >= 4 is 5.78 Å². The van der Waals surface area contributed by atoms with Crippen molar-refractivity contribution in [1.82, 2.24) is 0 Å². The highest BCUT2D eigenvalue weighted by atomic mass is 16.5. The third-order valence-corrected chi connectivity index (χ3v) is 3.04. The Morgan fingerprint density at radius 3 is 2.80 bits per heavy atom. The highest BCUT2D eigenvalue weighted by molar-refractivity contribution is 5.79. The molecule has 0 aromatic carbocycles. The second-order valence-corrected chi connectivity index (χ2v) is 4.48. The van der Waals surface area contributed by atoms with Crippen molar-refractivity contribution in [3.05, 3.63) is 12.2 Å². The van der Waals surface area contributed by atoms with Crippen LogP contribution in [0.3, 0.4) is 0 Å². The average molecular weight is 210 g/mol. The summed E-state index contributed by atoms with van der Waals surface area (Å²) in [6.07, 6.45) is 8.29. The lowest BCUT2D eigenvalue weighted by Gasteiger charge is -2.24. The minimum Gasteiger partial charge on any atom is -0.373 e. The van der Waals surface area contributed by atoms with E-state index in [0.29, 0.717) is 24.9 Å². The summed E-state index contributed by atoms with van der Waals surface area (Å²) in [5.74, 6) is 1.53. The van der Waals surface area contributed by atoms with Crippen LogP contribution in [-0.4, -0.2) is 19.0 Å². The lowest BCUT2D eigenvalue weighted by Crippen LogP contribution is -2.21. The van der Waals surface area contributed by atoms with Gasteiger partial charge in [0.2, 0.25) is 0 Å². The van der Waals surface area contributed by atoms with Gasteiger partial charge >= 0.3 is 0 Å². The van der Waals surface area contributed by atoms with Gasteiger partial charge in [-0.3, -0.25) is 4.79 Å². The van der Waals surface area contributed by atoms with Gasteiger partial charge in [0.15, 0.2) is 5.78 Å². The van der Waals surface area contributed by atoms with Crippen molar-refractivity contribution in [3.63, 3.8) is 0 Å². The molecule has 2 nitrogen and oxygen atoms in total. The molecule has 1 aliphatic carbocycles. The number of allylic oxidation sites excluding steroid dienone is 2. The van der Waals surface area contributed by atoms with Crippen LogP contribution in [0.1, 0.15) is 39.5 Å². The number of rotatable bonds is 6. The van der Waals surface area contributed by atoms with Gasteiger partial charge in [0, 0.05) is 6.42 Å². The summed E-state index contributed by atoms with van der Waals surface area (Å²) in [7, 11) is 0. The van der Waals surface area contributed by atoms with Crippen molar-refractivity contribution < 1.29 is 9.53 Å². The predicted octanol–water partition coefficient (Wildman–Crippen LogP) is 2.97. The molecule has 0 heterocycles. The molecular weight excluding hydrogens is 188 g/mol. The molecule has 2 heteroatoms. The number of carbonyl (C=O) groups excluding carboxylic acids is 1. The first-order valence-corrected chi connectivity index (χ1v) is 5.98. The smallest absolute Gasteiger partial charge is 0.158 e. The molecule has 86 valence electrons. The molecule has 0 fully saturated rings. The Kier molecular flexibility index (Phi) is 5.62. The van der Waals surface area contributed by atoms with E-state index >= 15 is 0 Å². The second kappa shape index (κ2) is 6.78. The van der Waals surface area contributed by atoms with Gasteiger partial charge in [-0.25, -0.2) is 0 Å². The van der Waals surface area contributed by atoms with E-state index in [4.69, 9.17) is 4.74 Å². The van der Waals surface area contributed by atoms with Crippen LogP contribution in [0, 0.1) is 11.8 Å². The Bertz CT molecular complexity index is 221. The second-order valence-electron chi connectivity index (χ2n) is 4.48. The third kappa shape index (κ3) is 4.61. The lowest BCUT2D eigenvalue weighted by atomic mass is 9.85. The number of carbonyl (C=O) groups is 1. The molecule has 0 radical (unpaired) electrons. The summed E-state index contributed by atoms with van der Waals surface area (Å²) in [6, 6.07) is 0. The van der Waals surface area contributed by atoms with Gasteiger partial charge in [-0.05, 0) is 31.1 Å². The number of hydrogen-bond donors (Lipinski definition) is 0. The first-order chi connectivity index (χ1) is 7.24. The Hall–Kier alpha value is -0.630. The molecule has 2 unspecified atom stereocenters. The van der Waals surface area contributed by atoms with E-state index in [9.17, 15) is 4.79 Å². The summed E-state index contributed by atoms with van der Waals surface area (Å²) in [6.45, 7) is 5.32. The fourth-order valence-corrected chi connectivity index (χ4v) is 1.91. The zero-order valence-corrected chi connectivity index (χ0v) is 9.87. The van der Waals surface area contributed by atoms with E-state index in [-0.39, 0.29) is 5.78 Å². The monoisotopic (exact) mass is 210 g/mol. The largest absolute Gasteiger partial charge is 0.373 e. The first-order valence-electron chi connectivity index (χ1n) is 5.98. The molecular formula is C13H22O2. The zero-order valence-electron chi connectivity index (χ0n) is 9.87. The molecule has 15 heavy (non-hydrogen) atoms. The highest BCUT2D eigenvalue weighted by Crippen LogP contribution is 2.24. The number of Topliss-reactive ketones (excluding diaryl/α,β-unsaturated/α-hetero) is 1. The summed E-state index contributed by atoms with van der Waals surface area (Å²) < 4.78 is 5.47. The van der Waals surface area contributed by atoms with Crippen LogP contribution in [0.4, 0.5) is 0 Å². The fraction of sp³-hybridized carbons (Fsp3) is 0.769. The van der Waals surface area contributed by atoms with Crippen LogP contribution in [0.2, 0.25) is 0 Å². The first kappa shape index (κ1) is 12.4. The van der Waals surface area contributed by atoms with Crippen molar-refractivity contribution in [2.24, 2.45) is 11.8 Å². The maximum Gasteiger partial charge on any atom is 0.158 e. The Morgan fingerprint density at radius 1 is 1.40 bits per heavy atom. The molecule has 0 aliphatic heterocycles. The van der Waals surface area contributed by atoms with Crippen molar-refractivity contribution in [3.8, 4) is 0 Å². The van der Waals surface area contributed by atoms with Gasteiger partial charge in [-0.15, -0.1) is 0 Å². The molecule has 1 aliphatic rings. The van der Waals surface area contributed by atoms with E-state index in [1.165, 1.54) is 0 Å². The SMILES string of the molecule is CCCC(=O)COCC1CC=CCC1C. The van der Waals surface area contributed by atoms with Gasteiger partial charge in [-0.1, -0.05) is 26.0 Å². The minimum atomic E-state index is 0.233. The predicted molar refractivity (Wildman–Crippen MR) is 61.8 cm³/mol. The maximum atomic E-state index is 11.2. The average Bonchev–Trinajstić information content (AvgIpc) is 2.21. The third-order valence-electron chi connectivity index (χ3n) is 3.04. The standard InChI is InChI=1S/C13H22O2/c1-3-6-13(14)10-15-9-12-8-5-4-7-11(12)2/h4-5,11-12H,3,6-10H2,1-2H3. The van der Waals surface area contributed by atoms with Crippen molar-refractivity contribution in [2.75, 3.05) is 13.2 Å². The van der Waals surface area contributed by atoms with E-state index in [1.54, 1.807) is 0 Å². The van der Waals surface area contributed by atoms with E-state index in [0.717, 1.165) is 25.9 Å². The van der Waals surface area contributed by atoms with Gasteiger partial charge in [0.05, 0.1) is 6.61 Å². The minimum absolute atomic E-state index is 0.233. The number of ketones is 1. The Labute approximate surface area is 92.7 Å². The van der Waals surface area contributed by atoms with Crippen LogP contribution in [0.5, 0.6) is 0 Å². The summed E-state index contributed by atoms with van der Waals surface area (Å²) in [5, 5.41) is 0. The van der Waals surface area contributed by atoms with Gasteiger partial charge in [-0.2, -0.15) is 0 Å². The molecule has 0 aromatic rings. The fourth-order valence-electron chi connectivity index (χ4n) is 1.91. The normalized spacial score (nSPS) is 25.5. The van der Waals surface area contributed by atoms with Crippen LogP contribution < -0.4 is 0 Å². The summed E-state index contributed by atoms with van der Waals surface area (Å²) >= 11 is 0. The van der Waals surface area contributed by atoms with E-state index in [2.05, 4.69) is 19.1 Å². The van der Waals surface area contributed by atoms with Crippen LogP contribution in [0.25, 0.3) is 0 Å². The Balaban J connectivity index is 2.14. The molecule has 0 spiro atoms. The van der Waals surface area contributed by atoms with E-state index < -0.39 is 0 Å². The molecule has 2 atom stereocenters. The molecule has 0 bridgehead atoms. The summed E-state index contributed by atoms with van der Waals surface area (Å²) in [4.78, 5) is 11.2. The summed E-state index contributed by atoms with van der Waals surface area (Å²) in [5.41, 5.74) is 0. The molecule has 0 amide bonds.